The Morgan fingerprint density at radius 1 is 0.438 bits per heavy atom. The van der Waals surface area contributed by atoms with Gasteiger partial charge in [0.1, 0.15) is 10.0 Å². The molecule has 48 heavy (non-hydrogen) atoms. The SMILES string of the molecule is CC(C)(C)c1nnc(N2C(=O)c3ccc4c5ccc6c7c(ccc(c8ccc(c3c48)C2=O)c75)C(=O)N(c2nnc(C(C)(C)C)s2)C6=O)s1. The average molecular weight is 671 g/mol. The molecule has 10 nitrogen and oxygen atoms in total. The third-order valence-electron chi connectivity index (χ3n) is 9.13. The number of aromatic nitrogens is 4. The van der Waals surface area contributed by atoms with Crippen LogP contribution in [0.1, 0.15) is 93.0 Å². The largest absolute Gasteiger partial charge is 0.268 e. The van der Waals surface area contributed by atoms with Gasteiger partial charge in [-0.3, -0.25) is 19.2 Å². The second-order valence-electron chi connectivity index (χ2n) is 14.3. The van der Waals surface area contributed by atoms with Crippen LogP contribution in [-0.2, 0) is 10.8 Å². The van der Waals surface area contributed by atoms with Crippen molar-refractivity contribution in [3.8, 4) is 0 Å². The number of carbonyl (C=O) groups excluding carboxylic acids is 4. The van der Waals surface area contributed by atoms with Crippen LogP contribution >= 0.6 is 22.7 Å². The molecule has 0 bridgehead atoms. The van der Waals surface area contributed by atoms with Crippen LogP contribution in [0.15, 0.2) is 48.5 Å². The van der Waals surface area contributed by atoms with Crippen molar-refractivity contribution >= 4 is 99.7 Å². The summed E-state index contributed by atoms with van der Waals surface area (Å²) < 4.78 is 0. The van der Waals surface area contributed by atoms with Crippen LogP contribution < -0.4 is 9.80 Å². The summed E-state index contributed by atoms with van der Waals surface area (Å²) in [7, 11) is 0. The van der Waals surface area contributed by atoms with Crippen LogP contribution in [0.5, 0.6) is 0 Å². The van der Waals surface area contributed by atoms with Crippen molar-refractivity contribution in [1.29, 1.82) is 0 Å². The summed E-state index contributed by atoms with van der Waals surface area (Å²) in [5, 5.41) is 25.0. The van der Waals surface area contributed by atoms with E-state index in [1.54, 1.807) is 24.3 Å². The summed E-state index contributed by atoms with van der Waals surface area (Å²) in [6.07, 6.45) is 0. The summed E-state index contributed by atoms with van der Waals surface area (Å²) in [5.74, 6) is -1.81. The molecule has 2 aliphatic heterocycles. The Morgan fingerprint density at radius 3 is 0.979 bits per heavy atom. The van der Waals surface area contributed by atoms with Crippen molar-refractivity contribution in [3.05, 3.63) is 80.8 Å². The number of benzene rings is 5. The molecule has 0 aliphatic carbocycles. The van der Waals surface area contributed by atoms with Gasteiger partial charge in [-0.2, -0.15) is 0 Å². The molecule has 2 aromatic heterocycles. The highest BCUT2D eigenvalue weighted by atomic mass is 32.1. The fourth-order valence-electron chi connectivity index (χ4n) is 6.83. The van der Waals surface area contributed by atoms with E-state index in [9.17, 15) is 19.2 Å². The lowest BCUT2D eigenvalue weighted by Gasteiger charge is -2.28. The fraction of sp³-hybridized carbons (Fsp3) is 0.222. The molecule has 4 amide bonds. The lowest BCUT2D eigenvalue weighted by molar-refractivity contribution is 0.0877. The molecule has 0 N–H and O–H groups in total. The highest BCUT2D eigenvalue weighted by molar-refractivity contribution is 7.16. The van der Waals surface area contributed by atoms with Crippen LogP contribution in [0, 0.1) is 0 Å². The van der Waals surface area contributed by atoms with E-state index in [1.165, 1.54) is 22.7 Å². The molecule has 0 saturated carbocycles. The van der Waals surface area contributed by atoms with E-state index < -0.39 is 23.6 Å². The number of imide groups is 2. The minimum atomic E-state index is -0.452. The average Bonchev–Trinajstić information content (AvgIpc) is 3.73. The van der Waals surface area contributed by atoms with Crippen LogP contribution in [0.2, 0.25) is 0 Å². The van der Waals surface area contributed by atoms with E-state index in [-0.39, 0.29) is 21.1 Å². The van der Waals surface area contributed by atoms with Gasteiger partial charge in [-0.25, -0.2) is 9.80 Å². The van der Waals surface area contributed by atoms with Gasteiger partial charge in [0.15, 0.2) is 0 Å². The number of fused-ring (bicyclic) bond motifs is 2. The van der Waals surface area contributed by atoms with E-state index in [0.29, 0.717) is 33.0 Å². The van der Waals surface area contributed by atoms with Crippen molar-refractivity contribution in [2.75, 3.05) is 9.80 Å². The number of hydrogen-bond donors (Lipinski definition) is 0. The van der Waals surface area contributed by atoms with Gasteiger partial charge in [0.25, 0.3) is 23.6 Å². The molecule has 0 saturated heterocycles. The summed E-state index contributed by atoms with van der Waals surface area (Å²) in [6.45, 7) is 12.0. The van der Waals surface area contributed by atoms with Crippen LogP contribution in [0.25, 0.3) is 43.1 Å². The maximum atomic E-state index is 14.0. The van der Waals surface area contributed by atoms with Gasteiger partial charge in [-0.15, -0.1) is 20.4 Å². The Balaban J connectivity index is 1.25. The van der Waals surface area contributed by atoms with Gasteiger partial charge in [-0.1, -0.05) is 88.5 Å². The number of hydrogen-bond acceptors (Lipinski definition) is 10. The minimum Gasteiger partial charge on any atom is -0.268 e. The standard InChI is InChI=1S/C36H26N6O4S2/c1-35(2,3)31-37-39-33(47-31)41-27(43)19-11-7-15-17-9-13-21-26-22(30(46)42(29(21)45)34-40-38-32(48-34)36(4,5)6)14-10-18(24(17)26)16-8-12-20(28(41)44)25(19)23(15)16/h7-14H,1-6H3. The maximum Gasteiger partial charge on any atom is 0.267 e. The van der Waals surface area contributed by atoms with E-state index in [4.69, 9.17) is 0 Å². The third-order valence-corrected chi connectivity index (χ3v) is 11.8. The van der Waals surface area contributed by atoms with Crippen LogP contribution in [0.3, 0.4) is 0 Å². The van der Waals surface area contributed by atoms with E-state index in [0.717, 1.165) is 52.1 Å². The molecule has 7 aromatic rings. The number of rotatable bonds is 2. The van der Waals surface area contributed by atoms with Gasteiger partial charge < -0.3 is 0 Å². The molecule has 5 aromatic carbocycles. The van der Waals surface area contributed by atoms with Crippen molar-refractivity contribution < 1.29 is 19.2 Å². The molecule has 0 unspecified atom stereocenters. The zero-order valence-corrected chi connectivity index (χ0v) is 28.4. The summed E-state index contributed by atoms with van der Waals surface area (Å²) in [4.78, 5) is 58.3. The summed E-state index contributed by atoms with van der Waals surface area (Å²) >= 11 is 2.47. The maximum absolute atomic E-state index is 14.0. The Kier molecular flexibility index (Phi) is 5.58. The van der Waals surface area contributed by atoms with Crippen molar-refractivity contribution in [3.63, 3.8) is 0 Å². The van der Waals surface area contributed by atoms with Crippen molar-refractivity contribution in [2.45, 2.75) is 52.4 Å². The smallest absolute Gasteiger partial charge is 0.267 e. The first-order valence-corrected chi connectivity index (χ1v) is 17.0. The van der Waals surface area contributed by atoms with Gasteiger partial charge in [0, 0.05) is 43.9 Å². The zero-order chi connectivity index (χ0) is 33.6. The normalized spacial score (nSPS) is 15.4. The van der Waals surface area contributed by atoms with E-state index >= 15 is 0 Å². The summed E-state index contributed by atoms with van der Waals surface area (Å²) in [6, 6.07) is 14.5. The van der Waals surface area contributed by atoms with Gasteiger partial charge in [0.05, 0.1) is 0 Å². The number of carbonyl (C=O) groups is 4. The van der Waals surface area contributed by atoms with Gasteiger partial charge in [0.2, 0.25) is 10.3 Å². The Labute approximate surface area is 281 Å². The molecular weight excluding hydrogens is 645 g/mol. The van der Waals surface area contributed by atoms with E-state index in [2.05, 4.69) is 20.4 Å². The summed E-state index contributed by atoms with van der Waals surface area (Å²) in [5.41, 5.74) is 1.04. The second kappa shape index (κ2) is 9.24. The van der Waals surface area contributed by atoms with Crippen molar-refractivity contribution in [1.82, 2.24) is 20.4 Å². The number of amides is 4. The highest BCUT2D eigenvalue weighted by Gasteiger charge is 2.40. The van der Waals surface area contributed by atoms with Crippen LogP contribution in [0.4, 0.5) is 10.3 Å². The van der Waals surface area contributed by atoms with Crippen LogP contribution in [-0.4, -0.2) is 44.0 Å². The number of anilines is 2. The Morgan fingerprint density at radius 2 is 0.729 bits per heavy atom. The predicted molar refractivity (Wildman–Crippen MR) is 187 cm³/mol. The Hall–Kier alpha value is -5.20. The molecule has 0 radical (unpaired) electrons. The molecule has 236 valence electrons. The molecule has 2 aliphatic rings. The molecule has 9 rings (SSSR count). The highest BCUT2D eigenvalue weighted by Crippen LogP contribution is 2.47. The first-order chi connectivity index (χ1) is 22.8. The lowest BCUT2D eigenvalue weighted by atomic mass is 9.82. The first kappa shape index (κ1) is 29.0. The molecular formula is C36H26N6O4S2. The van der Waals surface area contributed by atoms with Gasteiger partial charge in [-0.05, 0) is 56.6 Å². The fourth-order valence-corrected chi connectivity index (χ4v) is 8.63. The number of nitrogens with zero attached hydrogens (tertiary/aromatic N) is 6. The quantitative estimate of drug-likeness (QED) is 0.104. The molecule has 0 fully saturated rings. The second-order valence-corrected chi connectivity index (χ2v) is 16.2. The zero-order valence-electron chi connectivity index (χ0n) is 26.8. The topological polar surface area (TPSA) is 126 Å². The molecule has 4 heterocycles. The van der Waals surface area contributed by atoms with E-state index in [1.807, 2.05) is 65.8 Å². The lowest BCUT2D eigenvalue weighted by Crippen LogP contribution is -2.40. The predicted octanol–water partition coefficient (Wildman–Crippen LogP) is 7.64. The Bertz CT molecular complexity index is 2340. The minimum absolute atomic E-state index is 0.241. The first-order valence-electron chi connectivity index (χ1n) is 15.4. The third kappa shape index (κ3) is 3.66. The van der Waals surface area contributed by atoms with Gasteiger partial charge >= 0.3 is 0 Å². The van der Waals surface area contributed by atoms with Crippen molar-refractivity contribution in [2.24, 2.45) is 0 Å². The molecule has 0 atom stereocenters. The molecule has 0 spiro atoms. The molecule has 12 heteroatoms. The monoisotopic (exact) mass is 670 g/mol.